The van der Waals surface area contributed by atoms with Crippen molar-refractivity contribution >= 4 is 11.8 Å². The van der Waals surface area contributed by atoms with Crippen LogP contribution in [-0.4, -0.2) is 52.3 Å². The minimum absolute atomic E-state index is 0.000218. The molecule has 1 saturated heterocycles. The molecule has 1 fully saturated rings. The van der Waals surface area contributed by atoms with Gasteiger partial charge >= 0.3 is 6.18 Å². The summed E-state index contributed by atoms with van der Waals surface area (Å²) in [5, 5.41) is 6.04. The summed E-state index contributed by atoms with van der Waals surface area (Å²) in [6.45, 7) is 3.13. The van der Waals surface area contributed by atoms with Crippen molar-refractivity contribution in [3.63, 3.8) is 0 Å². The van der Waals surface area contributed by atoms with Crippen molar-refractivity contribution in [3.05, 3.63) is 18.5 Å². The summed E-state index contributed by atoms with van der Waals surface area (Å²) >= 11 is 0. The van der Waals surface area contributed by atoms with Crippen LogP contribution in [0.1, 0.15) is 33.1 Å². The lowest BCUT2D eigenvalue weighted by Crippen LogP contribution is -2.57. The van der Waals surface area contributed by atoms with Gasteiger partial charge in [0.15, 0.2) is 0 Å². The Bertz CT molecular complexity index is 591. The van der Waals surface area contributed by atoms with Gasteiger partial charge in [0.2, 0.25) is 11.8 Å². The third-order valence-electron chi connectivity index (χ3n) is 4.34. The monoisotopic (exact) mass is 360 g/mol. The first-order chi connectivity index (χ1) is 11.6. The lowest BCUT2D eigenvalue weighted by atomic mass is 9.86. The molecule has 1 aromatic rings. The van der Waals surface area contributed by atoms with Crippen LogP contribution in [0, 0.1) is 5.92 Å². The van der Waals surface area contributed by atoms with E-state index in [-0.39, 0.29) is 24.7 Å². The van der Waals surface area contributed by atoms with Gasteiger partial charge in [-0.05, 0) is 24.8 Å². The van der Waals surface area contributed by atoms with Crippen LogP contribution in [0.5, 0.6) is 0 Å². The molecule has 6 nitrogen and oxygen atoms in total. The Hall–Kier alpha value is -2.06. The number of nitrogens with one attached hydrogen (secondary N) is 1. The van der Waals surface area contributed by atoms with E-state index in [0.717, 1.165) is 0 Å². The Balaban J connectivity index is 2.12. The number of halogens is 3. The molecule has 2 heterocycles. The first kappa shape index (κ1) is 19.3. The van der Waals surface area contributed by atoms with E-state index >= 15 is 0 Å². The normalized spacial score (nSPS) is 17.6. The van der Waals surface area contributed by atoms with Crippen LogP contribution in [0.4, 0.5) is 13.2 Å². The predicted octanol–water partition coefficient (Wildman–Crippen LogP) is 1.93. The molecule has 1 aromatic heterocycles. The van der Waals surface area contributed by atoms with E-state index in [4.69, 9.17) is 0 Å². The maximum absolute atomic E-state index is 12.5. The molecule has 0 aliphatic carbocycles. The zero-order valence-electron chi connectivity index (χ0n) is 14.3. The zero-order valence-corrected chi connectivity index (χ0v) is 14.3. The molecule has 1 aliphatic heterocycles. The standard InChI is InChI=1S/C16H23F3N4O2/c1-12(2)10-13(24)22-8-4-15(5-9-22,23-7-3-6-21-23)14(25)20-11-16(17,18)19/h3,6-7,12H,4-5,8-11H2,1-2H3,(H,20,25). The molecular formula is C16H23F3N4O2. The summed E-state index contributed by atoms with van der Waals surface area (Å²) in [6.07, 6.45) is -0.567. The van der Waals surface area contributed by atoms with Crippen LogP contribution in [0.2, 0.25) is 0 Å². The molecule has 9 heteroatoms. The van der Waals surface area contributed by atoms with Gasteiger partial charge in [0, 0.05) is 31.9 Å². The molecule has 0 aromatic carbocycles. The predicted molar refractivity (Wildman–Crippen MR) is 84.5 cm³/mol. The second-order valence-corrected chi connectivity index (χ2v) is 6.76. The van der Waals surface area contributed by atoms with E-state index in [9.17, 15) is 22.8 Å². The van der Waals surface area contributed by atoms with E-state index in [1.807, 2.05) is 19.2 Å². The van der Waals surface area contributed by atoms with Crippen molar-refractivity contribution in [1.29, 1.82) is 0 Å². The highest BCUT2D eigenvalue weighted by molar-refractivity contribution is 5.85. The average Bonchev–Trinajstić information content (AvgIpc) is 3.06. The molecule has 1 N–H and O–H groups in total. The number of hydrogen-bond donors (Lipinski definition) is 1. The van der Waals surface area contributed by atoms with E-state index in [1.54, 1.807) is 17.2 Å². The Morgan fingerprint density at radius 3 is 2.40 bits per heavy atom. The SMILES string of the molecule is CC(C)CC(=O)N1CCC(C(=O)NCC(F)(F)F)(n2cccn2)CC1. The maximum Gasteiger partial charge on any atom is 0.405 e. The van der Waals surface area contributed by atoms with Crippen molar-refractivity contribution in [3.8, 4) is 0 Å². The number of carbonyl (C=O) groups is 2. The Morgan fingerprint density at radius 1 is 1.28 bits per heavy atom. The minimum Gasteiger partial charge on any atom is -0.345 e. The number of carbonyl (C=O) groups excluding carboxylic acids is 2. The molecule has 0 spiro atoms. The van der Waals surface area contributed by atoms with E-state index in [2.05, 4.69) is 5.10 Å². The summed E-state index contributed by atoms with van der Waals surface area (Å²) in [5.74, 6) is -0.496. The van der Waals surface area contributed by atoms with Crippen molar-refractivity contribution in [1.82, 2.24) is 20.0 Å². The second kappa shape index (κ2) is 7.45. The highest BCUT2D eigenvalue weighted by Gasteiger charge is 2.45. The maximum atomic E-state index is 12.5. The lowest BCUT2D eigenvalue weighted by molar-refractivity contribution is -0.148. The number of aromatic nitrogens is 2. The van der Waals surface area contributed by atoms with Crippen LogP contribution in [0.25, 0.3) is 0 Å². The number of nitrogens with zero attached hydrogens (tertiary/aromatic N) is 3. The smallest absolute Gasteiger partial charge is 0.345 e. The van der Waals surface area contributed by atoms with Gasteiger partial charge < -0.3 is 10.2 Å². The largest absolute Gasteiger partial charge is 0.405 e. The number of alkyl halides is 3. The lowest BCUT2D eigenvalue weighted by Gasteiger charge is -2.41. The Kier molecular flexibility index (Phi) is 5.74. The molecule has 0 unspecified atom stereocenters. The van der Waals surface area contributed by atoms with Crippen LogP contribution >= 0.6 is 0 Å². The number of amides is 2. The molecule has 2 amide bonds. The van der Waals surface area contributed by atoms with Crippen LogP contribution in [0.15, 0.2) is 18.5 Å². The molecule has 2 rings (SSSR count). The van der Waals surface area contributed by atoms with Crippen molar-refractivity contribution in [2.45, 2.75) is 44.8 Å². The summed E-state index contributed by atoms with van der Waals surface area (Å²) in [7, 11) is 0. The fourth-order valence-corrected chi connectivity index (χ4v) is 3.03. The molecule has 1 aliphatic rings. The average molecular weight is 360 g/mol. The van der Waals surface area contributed by atoms with Crippen LogP contribution in [0.3, 0.4) is 0 Å². The van der Waals surface area contributed by atoms with Gasteiger partial charge in [-0.3, -0.25) is 14.3 Å². The fraction of sp³-hybridized carbons (Fsp3) is 0.688. The second-order valence-electron chi connectivity index (χ2n) is 6.76. The number of hydrogen-bond acceptors (Lipinski definition) is 3. The van der Waals surface area contributed by atoms with Crippen LogP contribution in [-0.2, 0) is 15.1 Å². The van der Waals surface area contributed by atoms with Gasteiger partial charge in [0.25, 0.3) is 0 Å². The van der Waals surface area contributed by atoms with Crippen molar-refractivity contribution in [2.24, 2.45) is 5.92 Å². The zero-order chi connectivity index (χ0) is 18.7. The summed E-state index contributed by atoms with van der Waals surface area (Å²) in [6, 6.07) is 1.62. The molecule has 140 valence electrons. The highest BCUT2D eigenvalue weighted by atomic mass is 19.4. The van der Waals surface area contributed by atoms with Crippen molar-refractivity contribution < 1.29 is 22.8 Å². The summed E-state index contributed by atoms with van der Waals surface area (Å²) in [5.41, 5.74) is -1.20. The van der Waals surface area contributed by atoms with Gasteiger partial charge in [-0.1, -0.05) is 13.8 Å². The van der Waals surface area contributed by atoms with E-state index in [1.165, 1.54) is 10.9 Å². The van der Waals surface area contributed by atoms with E-state index in [0.29, 0.717) is 19.5 Å². The molecule has 25 heavy (non-hydrogen) atoms. The first-order valence-electron chi connectivity index (χ1n) is 8.27. The summed E-state index contributed by atoms with van der Waals surface area (Å²) in [4.78, 5) is 26.4. The number of piperidine rings is 1. The fourth-order valence-electron chi connectivity index (χ4n) is 3.03. The molecular weight excluding hydrogens is 337 g/mol. The van der Waals surface area contributed by atoms with Gasteiger partial charge in [-0.2, -0.15) is 18.3 Å². The molecule has 0 atom stereocenters. The molecule has 0 saturated carbocycles. The van der Waals surface area contributed by atoms with Gasteiger partial charge in [-0.25, -0.2) is 0 Å². The van der Waals surface area contributed by atoms with Gasteiger partial charge in [0.1, 0.15) is 12.1 Å². The van der Waals surface area contributed by atoms with E-state index < -0.39 is 24.2 Å². The van der Waals surface area contributed by atoms with Gasteiger partial charge in [0.05, 0.1) is 0 Å². The van der Waals surface area contributed by atoms with Gasteiger partial charge in [-0.15, -0.1) is 0 Å². The highest BCUT2D eigenvalue weighted by Crippen LogP contribution is 2.31. The van der Waals surface area contributed by atoms with Crippen molar-refractivity contribution in [2.75, 3.05) is 19.6 Å². The third kappa shape index (κ3) is 4.73. The van der Waals surface area contributed by atoms with Crippen LogP contribution < -0.4 is 5.32 Å². The minimum atomic E-state index is -4.48. The molecule has 0 radical (unpaired) electrons. The quantitative estimate of drug-likeness (QED) is 0.872. The molecule has 0 bridgehead atoms. The topological polar surface area (TPSA) is 67.2 Å². The first-order valence-corrected chi connectivity index (χ1v) is 8.27. The number of rotatable bonds is 5. The Morgan fingerprint density at radius 2 is 1.92 bits per heavy atom. The summed E-state index contributed by atoms with van der Waals surface area (Å²) < 4.78 is 38.8. The Labute approximate surface area is 144 Å². The third-order valence-corrected chi connectivity index (χ3v) is 4.34. The number of likely N-dealkylation sites (tertiary alicyclic amines) is 1.